The molecule has 3 unspecified atom stereocenters. The van der Waals surface area contributed by atoms with Gasteiger partial charge in [-0.25, -0.2) is 4.39 Å². The van der Waals surface area contributed by atoms with E-state index in [0.29, 0.717) is 19.4 Å². The number of benzene rings is 1. The van der Waals surface area contributed by atoms with Crippen LogP contribution < -0.4 is 0 Å². The lowest BCUT2D eigenvalue weighted by Crippen LogP contribution is -2.34. The summed E-state index contributed by atoms with van der Waals surface area (Å²) < 4.78 is 13.9. The van der Waals surface area contributed by atoms with E-state index < -0.39 is 24.2 Å². The molecule has 166 valence electrons. The molecular weight excluding hydrogens is 385 g/mol. The first kappa shape index (κ1) is 24.1. The molecular formula is C24H34FNO4. The van der Waals surface area contributed by atoms with Gasteiger partial charge in [-0.3, -0.25) is 9.59 Å². The Morgan fingerprint density at radius 1 is 1.13 bits per heavy atom. The topological polar surface area (TPSA) is 77.8 Å². The van der Waals surface area contributed by atoms with Crippen LogP contribution in [0.15, 0.2) is 42.5 Å². The first-order chi connectivity index (χ1) is 14.5. The number of hydrogen-bond donors (Lipinski definition) is 2. The van der Waals surface area contributed by atoms with Crippen LogP contribution in [0.25, 0.3) is 0 Å². The second-order valence-corrected chi connectivity index (χ2v) is 8.04. The minimum atomic E-state index is -1.48. The van der Waals surface area contributed by atoms with E-state index in [-0.39, 0.29) is 18.9 Å². The fourth-order valence-electron chi connectivity index (χ4n) is 3.83. The molecule has 1 aromatic carbocycles. The highest BCUT2D eigenvalue weighted by atomic mass is 19.1. The number of aliphatic hydroxyl groups excluding tert-OH is 1. The number of aliphatic carboxylic acids is 1. The van der Waals surface area contributed by atoms with Gasteiger partial charge < -0.3 is 15.1 Å². The Hall–Kier alpha value is -2.21. The number of unbranched alkanes of at least 4 members (excludes halogenated alkanes) is 4. The van der Waals surface area contributed by atoms with Crippen molar-refractivity contribution in [1.82, 2.24) is 4.90 Å². The van der Waals surface area contributed by atoms with E-state index in [9.17, 15) is 19.1 Å². The molecule has 0 aromatic heterocycles. The second-order valence-electron chi connectivity index (χ2n) is 8.04. The van der Waals surface area contributed by atoms with Gasteiger partial charge in [0.2, 0.25) is 0 Å². The van der Waals surface area contributed by atoms with Crippen molar-refractivity contribution in [2.45, 2.75) is 82.5 Å². The summed E-state index contributed by atoms with van der Waals surface area (Å²) in [5, 5.41) is 18.9. The van der Waals surface area contributed by atoms with Gasteiger partial charge in [0.25, 0.3) is 5.91 Å². The summed E-state index contributed by atoms with van der Waals surface area (Å²) in [7, 11) is 0. The molecule has 0 aliphatic carbocycles. The van der Waals surface area contributed by atoms with Crippen molar-refractivity contribution in [3.63, 3.8) is 0 Å². The number of nitrogens with zero attached hydrogens (tertiary/aromatic N) is 1. The van der Waals surface area contributed by atoms with Gasteiger partial charge in [-0.2, -0.15) is 0 Å². The van der Waals surface area contributed by atoms with Crippen LogP contribution in [0.1, 0.15) is 63.4 Å². The summed E-state index contributed by atoms with van der Waals surface area (Å²) in [5.41, 5.74) is 1.29. The first-order valence-electron chi connectivity index (χ1n) is 11.0. The van der Waals surface area contributed by atoms with E-state index >= 15 is 0 Å². The maximum Gasteiger partial charge on any atom is 0.303 e. The Labute approximate surface area is 178 Å². The van der Waals surface area contributed by atoms with Gasteiger partial charge in [0, 0.05) is 19.4 Å². The van der Waals surface area contributed by atoms with E-state index in [4.69, 9.17) is 5.11 Å². The number of aliphatic hydroxyl groups is 1. The number of carboxylic acid groups (broad SMARTS) is 1. The lowest BCUT2D eigenvalue weighted by atomic mass is 10.0. The Kier molecular flexibility index (Phi) is 10.6. The van der Waals surface area contributed by atoms with Crippen LogP contribution >= 0.6 is 0 Å². The van der Waals surface area contributed by atoms with E-state index in [1.807, 2.05) is 18.2 Å². The molecule has 2 N–H and O–H groups in total. The molecule has 1 aliphatic rings. The average molecular weight is 420 g/mol. The monoisotopic (exact) mass is 419 g/mol. The van der Waals surface area contributed by atoms with Crippen LogP contribution in [-0.4, -0.2) is 51.9 Å². The molecule has 0 spiro atoms. The third-order valence-corrected chi connectivity index (χ3v) is 5.55. The van der Waals surface area contributed by atoms with E-state index in [0.717, 1.165) is 38.5 Å². The molecule has 0 saturated carbocycles. The molecule has 1 fully saturated rings. The molecule has 1 saturated heterocycles. The summed E-state index contributed by atoms with van der Waals surface area (Å²) in [6.07, 6.45) is 8.16. The Bertz CT molecular complexity index is 679. The fraction of sp³-hybridized carbons (Fsp3) is 0.583. The molecule has 5 nitrogen and oxygen atoms in total. The van der Waals surface area contributed by atoms with Gasteiger partial charge in [0.1, 0.15) is 0 Å². The molecule has 1 aliphatic heterocycles. The van der Waals surface area contributed by atoms with Crippen LogP contribution in [0.5, 0.6) is 0 Å². The molecule has 30 heavy (non-hydrogen) atoms. The number of likely N-dealkylation sites (tertiary alicyclic amines) is 1. The molecule has 6 heteroatoms. The summed E-state index contributed by atoms with van der Waals surface area (Å²) in [5.74, 6) is -1.28. The highest BCUT2D eigenvalue weighted by Crippen LogP contribution is 2.24. The number of carboxylic acids is 1. The number of halogens is 1. The molecule has 0 radical (unpaired) electrons. The Balaban J connectivity index is 1.69. The lowest BCUT2D eigenvalue weighted by Gasteiger charge is -2.22. The highest BCUT2D eigenvalue weighted by molar-refractivity contribution is 5.83. The van der Waals surface area contributed by atoms with Gasteiger partial charge in [-0.15, -0.1) is 0 Å². The maximum absolute atomic E-state index is 13.9. The van der Waals surface area contributed by atoms with E-state index in [1.165, 1.54) is 5.56 Å². The molecule has 2 rings (SSSR count). The molecule has 0 bridgehead atoms. The predicted molar refractivity (Wildman–Crippen MR) is 115 cm³/mol. The summed E-state index contributed by atoms with van der Waals surface area (Å²) >= 11 is 0. The summed E-state index contributed by atoms with van der Waals surface area (Å²) in [6.45, 7) is 0.467. The van der Waals surface area contributed by atoms with Crippen molar-refractivity contribution in [1.29, 1.82) is 0 Å². The second kappa shape index (κ2) is 13.2. The molecule has 1 amide bonds. The summed E-state index contributed by atoms with van der Waals surface area (Å²) in [6, 6.07) is 9.93. The van der Waals surface area contributed by atoms with Crippen molar-refractivity contribution in [2.75, 3.05) is 6.54 Å². The van der Waals surface area contributed by atoms with Crippen molar-refractivity contribution in [3.8, 4) is 0 Å². The smallest absolute Gasteiger partial charge is 0.303 e. The Morgan fingerprint density at radius 3 is 2.60 bits per heavy atom. The van der Waals surface area contributed by atoms with E-state index in [2.05, 4.69) is 12.1 Å². The zero-order chi connectivity index (χ0) is 21.8. The SMILES string of the molecule is O=C(O)CCCCCCN1C(=O)C(F)CC1C=CC(O)CCCCc1ccccc1. The number of hydrogen-bond acceptors (Lipinski definition) is 3. The molecule has 1 heterocycles. The normalized spacial score (nSPS) is 20.2. The first-order valence-corrected chi connectivity index (χ1v) is 11.0. The quantitative estimate of drug-likeness (QED) is 0.348. The fourth-order valence-corrected chi connectivity index (χ4v) is 3.83. The number of carbonyl (C=O) groups excluding carboxylic acids is 1. The predicted octanol–water partition coefficient (Wildman–Crippen LogP) is 4.29. The van der Waals surface area contributed by atoms with Gasteiger partial charge in [0.05, 0.1) is 12.1 Å². The summed E-state index contributed by atoms with van der Waals surface area (Å²) in [4.78, 5) is 24.2. The van der Waals surface area contributed by atoms with Crippen molar-refractivity contribution in [3.05, 3.63) is 48.0 Å². The van der Waals surface area contributed by atoms with Gasteiger partial charge >= 0.3 is 5.97 Å². The van der Waals surface area contributed by atoms with Crippen LogP contribution in [0, 0.1) is 0 Å². The zero-order valence-corrected chi connectivity index (χ0v) is 17.6. The van der Waals surface area contributed by atoms with Crippen LogP contribution in [0.2, 0.25) is 0 Å². The van der Waals surface area contributed by atoms with Crippen molar-refractivity contribution >= 4 is 11.9 Å². The van der Waals surface area contributed by atoms with Crippen molar-refractivity contribution in [2.24, 2.45) is 0 Å². The minimum Gasteiger partial charge on any atom is -0.481 e. The number of carbonyl (C=O) groups is 2. The standard InChI is InChI=1S/C24H34FNO4/c25-22-18-20(26(24(22)30)17-9-2-1-6-14-23(28)29)15-16-21(27)13-8-7-12-19-10-4-3-5-11-19/h3-5,10-11,15-16,20-22,27H,1-2,6-9,12-14,17-18H2,(H,28,29). The number of aryl methyl sites for hydroxylation is 1. The minimum absolute atomic E-state index is 0.134. The highest BCUT2D eigenvalue weighted by Gasteiger charge is 2.37. The lowest BCUT2D eigenvalue weighted by molar-refractivity contribution is -0.137. The van der Waals surface area contributed by atoms with Gasteiger partial charge in [0.15, 0.2) is 6.17 Å². The molecule has 3 atom stereocenters. The van der Waals surface area contributed by atoms with Crippen LogP contribution in [0.3, 0.4) is 0 Å². The van der Waals surface area contributed by atoms with E-state index in [1.54, 1.807) is 17.1 Å². The van der Waals surface area contributed by atoms with Crippen LogP contribution in [0.4, 0.5) is 4.39 Å². The third kappa shape index (κ3) is 8.66. The average Bonchev–Trinajstić information content (AvgIpc) is 3.00. The largest absolute Gasteiger partial charge is 0.481 e. The number of rotatable bonds is 14. The number of amides is 1. The van der Waals surface area contributed by atoms with Crippen molar-refractivity contribution < 1.29 is 24.2 Å². The van der Waals surface area contributed by atoms with Gasteiger partial charge in [-0.1, -0.05) is 61.7 Å². The Morgan fingerprint density at radius 2 is 1.87 bits per heavy atom. The van der Waals surface area contributed by atoms with Crippen LogP contribution in [-0.2, 0) is 16.0 Å². The zero-order valence-electron chi connectivity index (χ0n) is 17.6. The maximum atomic E-state index is 13.9. The van der Waals surface area contributed by atoms with Gasteiger partial charge in [-0.05, 0) is 37.7 Å². The molecule has 1 aromatic rings. The number of alkyl halides is 1. The third-order valence-electron chi connectivity index (χ3n) is 5.55.